The Morgan fingerprint density at radius 3 is 2.82 bits per heavy atom. The zero-order valence-electron chi connectivity index (χ0n) is 10.4. The first kappa shape index (κ1) is 11.1. The van der Waals surface area contributed by atoms with E-state index >= 15 is 0 Å². The maximum atomic E-state index is 6.00. The molecule has 0 saturated heterocycles. The standard InChI is InChI=1S/C15H22N2/c16-11-14(10-12-4-3-5-12)17-9-8-13-6-1-2-7-15(13)17/h1-2,6-7,12,14H,3-5,8-11,16H2. The molecule has 1 saturated carbocycles. The van der Waals surface area contributed by atoms with Gasteiger partial charge in [-0.25, -0.2) is 0 Å². The topological polar surface area (TPSA) is 29.3 Å². The van der Waals surface area contributed by atoms with E-state index in [1.807, 2.05) is 0 Å². The van der Waals surface area contributed by atoms with Gasteiger partial charge in [-0.15, -0.1) is 0 Å². The van der Waals surface area contributed by atoms with Gasteiger partial charge in [0.25, 0.3) is 0 Å². The van der Waals surface area contributed by atoms with Crippen LogP contribution in [0.1, 0.15) is 31.2 Å². The van der Waals surface area contributed by atoms with E-state index in [0.29, 0.717) is 6.04 Å². The third-order valence-electron chi connectivity index (χ3n) is 4.47. The molecule has 1 aromatic rings. The Labute approximate surface area is 104 Å². The van der Waals surface area contributed by atoms with Crippen LogP contribution in [0.3, 0.4) is 0 Å². The van der Waals surface area contributed by atoms with Crippen molar-refractivity contribution in [3.63, 3.8) is 0 Å². The van der Waals surface area contributed by atoms with Crippen LogP contribution in [-0.4, -0.2) is 19.1 Å². The van der Waals surface area contributed by atoms with E-state index in [4.69, 9.17) is 5.73 Å². The molecule has 17 heavy (non-hydrogen) atoms. The van der Waals surface area contributed by atoms with Gasteiger partial charge in [-0.3, -0.25) is 0 Å². The fourth-order valence-electron chi connectivity index (χ4n) is 3.21. The Morgan fingerprint density at radius 1 is 1.29 bits per heavy atom. The first-order chi connectivity index (χ1) is 8.38. The van der Waals surface area contributed by atoms with Crippen LogP contribution in [-0.2, 0) is 6.42 Å². The highest BCUT2D eigenvalue weighted by molar-refractivity contribution is 5.58. The van der Waals surface area contributed by atoms with Crippen LogP contribution in [0.15, 0.2) is 24.3 Å². The minimum absolute atomic E-state index is 0.559. The number of para-hydroxylation sites is 1. The number of hydrogen-bond acceptors (Lipinski definition) is 2. The van der Waals surface area contributed by atoms with Crippen molar-refractivity contribution in [1.29, 1.82) is 0 Å². The maximum Gasteiger partial charge on any atom is 0.0415 e. The van der Waals surface area contributed by atoms with Crippen LogP contribution < -0.4 is 10.6 Å². The van der Waals surface area contributed by atoms with Gasteiger partial charge in [0.15, 0.2) is 0 Å². The molecule has 0 radical (unpaired) electrons. The average molecular weight is 230 g/mol. The molecule has 1 unspecified atom stereocenters. The number of benzene rings is 1. The van der Waals surface area contributed by atoms with Gasteiger partial charge in [-0.1, -0.05) is 37.5 Å². The van der Waals surface area contributed by atoms with Gasteiger partial charge in [0.2, 0.25) is 0 Å². The lowest BCUT2D eigenvalue weighted by Crippen LogP contribution is -2.41. The first-order valence-electron chi connectivity index (χ1n) is 6.93. The molecule has 0 aromatic heterocycles. The molecule has 1 aromatic carbocycles. The summed E-state index contributed by atoms with van der Waals surface area (Å²) in [6, 6.07) is 9.36. The van der Waals surface area contributed by atoms with Gasteiger partial charge in [-0.05, 0) is 30.4 Å². The van der Waals surface area contributed by atoms with Crippen molar-refractivity contribution in [2.75, 3.05) is 18.0 Å². The highest BCUT2D eigenvalue weighted by Gasteiger charge is 2.28. The van der Waals surface area contributed by atoms with Crippen molar-refractivity contribution in [1.82, 2.24) is 0 Å². The molecule has 2 N–H and O–H groups in total. The summed E-state index contributed by atoms with van der Waals surface area (Å²) >= 11 is 0. The lowest BCUT2D eigenvalue weighted by molar-refractivity contribution is 0.273. The third-order valence-corrected chi connectivity index (χ3v) is 4.47. The molecule has 2 aliphatic rings. The van der Waals surface area contributed by atoms with Crippen LogP contribution in [0.4, 0.5) is 5.69 Å². The zero-order valence-corrected chi connectivity index (χ0v) is 10.4. The van der Waals surface area contributed by atoms with Gasteiger partial charge in [0.05, 0.1) is 0 Å². The molecule has 3 rings (SSSR count). The molecule has 2 heteroatoms. The number of fused-ring (bicyclic) bond motifs is 1. The fraction of sp³-hybridized carbons (Fsp3) is 0.600. The lowest BCUT2D eigenvalue weighted by Gasteiger charge is -2.35. The van der Waals surface area contributed by atoms with Gasteiger partial charge in [-0.2, -0.15) is 0 Å². The van der Waals surface area contributed by atoms with Crippen molar-refractivity contribution in [3.8, 4) is 0 Å². The summed E-state index contributed by atoms with van der Waals surface area (Å²) in [5.74, 6) is 0.941. The monoisotopic (exact) mass is 230 g/mol. The Bertz CT molecular complexity index is 384. The minimum Gasteiger partial charge on any atom is -0.367 e. The summed E-state index contributed by atoms with van der Waals surface area (Å²) in [5, 5.41) is 0. The van der Waals surface area contributed by atoms with Gasteiger partial charge < -0.3 is 10.6 Å². The van der Waals surface area contributed by atoms with Crippen LogP contribution in [0, 0.1) is 5.92 Å². The van der Waals surface area contributed by atoms with Crippen LogP contribution in [0.25, 0.3) is 0 Å². The molecule has 1 atom stereocenters. The smallest absolute Gasteiger partial charge is 0.0415 e. The summed E-state index contributed by atoms with van der Waals surface area (Å²) in [6.45, 7) is 1.96. The molecular formula is C15H22N2. The summed E-state index contributed by atoms with van der Waals surface area (Å²) in [7, 11) is 0. The summed E-state index contributed by atoms with van der Waals surface area (Å²) in [4.78, 5) is 2.55. The number of rotatable bonds is 4. The molecule has 0 amide bonds. The van der Waals surface area contributed by atoms with Crippen molar-refractivity contribution >= 4 is 5.69 Å². The molecule has 1 aliphatic heterocycles. The molecule has 1 aliphatic carbocycles. The van der Waals surface area contributed by atoms with Gasteiger partial charge in [0.1, 0.15) is 0 Å². The number of hydrogen-bond donors (Lipinski definition) is 1. The fourth-order valence-corrected chi connectivity index (χ4v) is 3.21. The number of nitrogens with zero attached hydrogens (tertiary/aromatic N) is 1. The average Bonchev–Trinajstić information content (AvgIpc) is 2.72. The Kier molecular flexibility index (Phi) is 3.06. The van der Waals surface area contributed by atoms with Gasteiger partial charge >= 0.3 is 0 Å². The number of anilines is 1. The van der Waals surface area contributed by atoms with E-state index < -0.39 is 0 Å². The lowest BCUT2D eigenvalue weighted by atomic mass is 9.80. The molecule has 1 heterocycles. The van der Waals surface area contributed by atoms with Crippen molar-refractivity contribution < 1.29 is 0 Å². The second-order valence-corrected chi connectivity index (χ2v) is 5.49. The molecule has 0 bridgehead atoms. The minimum atomic E-state index is 0.559. The Hall–Kier alpha value is -1.02. The molecule has 1 fully saturated rings. The summed E-state index contributed by atoms with van der Waals surface area (Å²) in [5.41, 5.74) is 8.93. The van der Waals surface area contributed by atoms with Crippen molar-refractivity contribution in [2.45, 2.75) is 38.1 Å². The SMILES string of the molecule is NCC(CC1CCC1)N1CCc2ccccc21. The molecule has 2 nitrogen and oxygen atoms in total. The van der Waals surface area contributed by atoms with E-state index in [0.717, 1.165) is 19.0 Å². The highest BCUT2D eigenvalue weighted by Crippen LogP contribution is 2.35. The second kappa shape index (κ2) is 4.69. The summed E-state index contributed by atoms with van der Waals surface area (Å²) < 4.78 is 0. The van der Waals surface area contributed by atoms with Crippen LogP contribution in [0.2, 0.25) is 0 Å². The normalized spacial score (nSPS) is 21.1. The van der Waals surface area contributed by atoms with Gasteiger partial charge in [0, 0.05) is 24.8 Å². The predicted octanol–water partition coefficient (Wildman–Crippen LogP) is 2.57. The van der Waals surface area contributed by atoms with Crippen LogP contribution >= 0.6 is 0 Å². The van der Waals surface area contributed by atoms with Crippen molar-refractivity contribution in [3.05, 3.63) is 29.8 Å². The van der Waals surface area contributed by atoms with E-state index in [1.54, 1.807) is 0 Å². The first-order valence-corrected chi connectivity index (χ1v) is 6.93. The second-order valence-electron chi connectivity index (χ2n) is 5.49. The quantitative estimate of drug-likeness (QED) is 0.861. The molecule has 0 spiro atoms. The third kappa shape index (κ3) is 2.06. The number of nitrogens with two attached hydrogens (primary N) is 1. The van der Waals surface area contributed by atoms with Crippen molar-refractivity contribution in [2.24, 2.45) is 11.7 Å². The molecular weight excluding hydrogens is 208 g/mol. The largest absolute Gasteiger partial charge is 0.367 e. The summed E-state index contributed by atoms with van der Waals surface area (Å²) in [6.07, 6.45) is 6.76. The van der Waals surface area contributed by atoms with E-state index in [-0.39, 0.29) is 0 Å². The van der Waals surface area contributed by atoms with E-state index in [9.17, 15) is 0 Å². The van der Waals surface area contributed by atoms with E-state index in [2.05, 4.69) is 29.2 Å². The molecule has 92 valence electrons. The van der Waals surface area contributed by atoms with Crippen LogP contribution in [0.5, 0.6) is 0 Å². The van der Waals surface area contributed by atoms with E-state index in [1.165, 1.54) is 43.4 Å². The Morgan fingerprint density at radius 2 is 2.12 bits per heavy atom. The predicted molar refractivity (Wildman–Crippen MR) is 72.3 cm³/mol. The maximum absolute atomic E-state index is 6.00. The Balaban J connectivity index is 1.74. The highest BCUT2D eigenvalue weighted by atomic mass is 15.2. The zero-order chi connectivity index (χ0) is 11.7.